The first kappa shape index (κ1) is 18.5. The number of anilines is 1. The zero-order valence-corrected chi connectivity index (χ0v) is 14.8. The lowest BCUT2D eigenvalue weighted by molar-refractivity contribution is 0.0950. The van der Waals surface area contributed by atoms with Crippen LogP contribution in [0.1, 0.15) is 26.3 Å². The van der Waals surface area contributed by atoms with Crippen molar-refractivity contribution in [2.75, 3.05) is 5.32 Å². The molecular formula is C20H15ClFN3O2. The van der Waals surface area contributed by atoms with Gasteiger partial charge in [0, 0.05) is 29.6 Å². The highest BCUT2D eigenvalue weighted by Gasteiger charge is 2.12. The van der Waals surface area contributed by atoms with Gasteiger partial charge in [-0.15, -0.1) is 0 Å². The summed E-state index contributed by atoms with van der Waals surface area (Å²) in [6.45, 7) is 0.315. The van der Waals surface area contributed by atoms with Crippen molar-refractivity contribution in [3.63, 3.8) is 0 Å². The average molecular weight is 384 g/mol. The summed E-state index contributed by atoms with van der Waals surface area (Å²) in [5.41, 5.74) is 1.65. The van der Waals surface area contributed by atoms with E-state index in [-0.39, 0.29) is 17.0 Å². The highest BCUT2D eigenvalue weighted by molar-refractivity contribution is 6.30. The second-order valence-electron chi connectivity index (χ2n) is 5.74. The van der Waals surface area contributed by atoms with Crippen molar-refractivity contribution < 1.29 is 14.0 Å². The van der Waals surface area contributed by atoms with Crippen LogP contribution < -0.4 is 10.6 Å². The third kappa shape index (κ3) is 5.12. The number of amides is 2. The first-order chi connectivity index (χ1) is 13.0. The summed E-state index contributed by atoms with van der Waals surface area (Å²) < 4.78 is 13.2. The zero-order chi connectivity index (χ0) is 19.2. The molecule has 3 aromatic rings. The van der Waals surface area contributed by atoms with Crippen LogP contribution in [0.15, 0.2) is 67.0 Å². The van der Waals surface area contributed by atoms with Crippen molar-refractivity contribution in [2.24, 2.45) is 0 Å². The number of nitrogens with one attached hydrogen (secondary N) is 2. The maximum Gasteiger partial charge on any atom is 0.257 e. The van der Waals surface area contributed by atoms with Gasteiger partial charge in [-0.1, -0.05) is 29.8 Å². The molecule has 0 aliphatic carbocycles. The minimum Gasteiger partial charge on any atom is -0.348 e. The molecule has 1 heterocycles. The summed E-state index contributed by atoms with van der Waals surface area (Å²) in [6.07, 6.45) is 2.71. The summed E-state index contributed by atoms with van der Waals surface area (Å²) in [7, 11) is 0. The number of carbonyl (C=O) groups excluding carboxylic acids is 2. The number of carbonyl (C=O) groups is 2. The summed E-state index contributed by atoms with van der Waals surface area (Å²) in [4.78, 5) is 28.5. The maximum absolute atomic E-state index is 13.2. The van der Waals surface area contributed by atoms with E-state index in [4.69, 9.17) is 11.6 Å². The van der Waals surface area contributed by atoms with Gasteiger partial charge >= 0.3 is 0 Å². The van der Waals surface area contributed by atoms with E-state index in [1.807, 2.05) is 12.1 Å². The van der Waals surface area contributed by atoms with E-state index in [1.54, 1.807) is 18.2 Å². The molecule has 0 unspecified atom stereocenters. The number of benzene rings is 2. The van der Waals surface area contributed by atoms with Gasteiger partial charge in [0.1, 0.15) is 5.82 Å². The number of hydrogen-bond donors (Lipinski definition) is 2. The van der Waals surface area contributed by atoms with Crippen LogP contribution in [0, 0.1) is 5.82 Å². The Bertz CT molecular complexity index is 977. The summed E-state index contributed by atoms with van der Waals surface area (Å²) in [5, 5.41) is 5.94. The molecule has 1 aromatic heterocycles. The normalized spacial score (nSPS) is 10.3. The van der Waals surface area contributed by atoms with Gasteiger partial charge in [0.15, 0.2) is 0 Å². The van der Waals surface area contributed by atoms with Gasteiger partial charge in [0.2, 0.25) is 0 Å². The van der Waals surface area contributed by atoms with E-state index >= 15 is 0 Å². The zero-order valence-electron chi connectivity index (χ0n) is 14.1. The molecule has 2 amide bonds. The van der Waals surface area contributed by atoms with Crippen molar-refractivity contribution >= 4 is 29.1 Å². The molecule has 27 heavy (non-hydrogen) atoms. The molecule has 2 N–H and O–H groups in total. The van der Waals surface area contributed by atoms with Crippen LogP contribution in [0.25, 0.3) is 0 Å². The van der Waals surface area contributed by atoms with Crippen LogP contribution in [0.4, 0.5) is 10.1 Å². The number of rotatable bonds is 5. The predicted octanol–water partition coefficient (Wildman–Crippen LogP) is 4.06. The standard InChI is InChI=1S/C20H15ClFN3O2/c21-16-6-4-13(5-7-16)10-24-19(26)14-8-15(12-23-11-14)20(27)25-18-3-1-2-17(22)9-18/h1-9,11-12H,10H2,(H,24,26)(H,25,27). The fourth-order valence-corrected chi connectivity index (χ4v) is 2.47. The van der Waals surface area contributed by atoms with Gasteiger partial charge < -0.3 is 10.6 Å². The molecule has 136 valence electrons. The molecule has 0 aliphatic heterocycles. The minimum absolute atomic E-state index is 0.193. The molecule has 2 aromatic carbocycles. The lowest BCUT2D eigenvalue weighted by Gasteiger charge is -2.08. The van der Waals surface area contributed by atoms with E-state index in [1.165, 1.54) is 36.7 Å². The van der Waals surface area contributed by atoms with Crippen molar-refractivity contribution in [3.05, 3.63) is 94.5 Å². The Morgan fingerprint density at radius 3 is 2.37 bits per heavy atom. The van der Waals surface area contributed by atoms with Crippen LogP contribution in [0.5, 0.6) is 0 Å². The van der Waals surface area contributed by atoms with Gasteiger partial charge in [0.05, 0.1) is 11.1 Å². The largest absolute Gasteiger partial charge is 0.348 e. The summed E-state index contributed by atoms with van der Waals surface area (Å²) >= 11 is 5.83. The lowest BCUT2D eigenvalue weighted by atomic mass is 10.1. The fraction of sp³-hybridized carbons (Fsp3) is 0.0500. The molecule has 0 aliphatic rings. The lowest BCUT2D eigenvalue weighted by Crippen LogP contribution is -2.23. The fourth-order valence-electron chi connectivity index (χ4n) is 2.34. The Hall–Kier alpha value is -3.25. The van der Waals surface area contributed by atoms with Crippen molar-refractivity contribution in [3.8, 4) is 0 Å². The summed E-state index contributed by atoms with van der Waals surface area (Å²) in [5.74, 6) is -1.31. The maximum atomic E-state index is 13.2. The van der Waals surface area contributed by atoms with Crippen LogP contribution in [0.3, 0.4) is 0 Å². The Morgan fingerprint density at radius 2 is 1.67 bits per heavy atom. The molecule has 5 nitrogen and oxygen atoms in total. The molecule has 0 spiro atoms. The second kappa shape index (κ2) is 8.42. The van der Waals surface area contributed by atoms with Crippen LogP contribution >= 0.6 is 11.6 Å². The highest BCUT2D eigenvalue weighted by Crippen LogP contribution is 2.12. The Kier molecular flexibility index (Phi) is 5.78. The Morgan fingerprint density at radius 1 is 0.963 bits per heavy atom. The van der Waals surface area contributed by atoms with E-state index in [2.05, 4.69) is 15.6 Å². The number of hydrogen-bond acceptors (Lipinski definition) is 3. The van der Waals surface area contributed by atoms with Crippen molar-refractivity contribution in [1.82, 2.24) is 10.3 Å². The van der Waals surface area contributed by atoms with Gasteiger partial charge in [-0.2, -0.15) is 0 Å². The molecule has 0 atom stereocenters. The Labute approximate surface area is 160 Å². The molecule has 3 rings (SSSR count). The molecule has 0 saturated carbocycles. The third-order valence-corrected chi connectivity index (χ3v) is 3.96. The molecule has 0 saturated heterocycles. The molecule has 0 bridgehead atoms. The number of halogens is 2. The smallest absolute Gasteiger partial charge is 0.257 e. The molecule has 7 heteroatoms. The minimum atomic E-state index is -0.486. The van der Waals surface area contributed by atoms with E-state index in [0.717, 1.165) is 5.56 Å². The molecule has 0 radical (unpaired) electrons. The molecular weight excluding hydrogens is 369 g/mol. The number of aromatic nitrogens is 1. The SMILES string of the molecule is O=C(NCc1ccc(Cl)cc1)c1cncc(C(=O)Nc2cccc(F)c2)c1. The van der Waals surface area contributed by atoms with E-state index in [0.29, 0.717) is 17.3 Å². The van der Waals surface area contributed by atoms with E-state index in [9.17, 15) is 14.0 Å². The van der Waals surface area contributed by atoms with Crippen molar-refractivity contribution in [2.45, 2.75) is 6.54 Å². The van der Waals surface area contributed by atoms with Gasteiger partial charge in [-0.3, -0.25) is 14.6 Å². The van der Waals surface area contributed by atoms with Crippen LogP contribution in [-0.2, 0) is 6.54 Å². The first-order valence-electron chi connectivity index (χ1n) is 8.06. The monoisotopic (exact) mass is 383 g/mol. The van der Waals surface area contributed by atoms with Crippen LogP contribution in [-0.4, -0.2) is 16.8 Å². The predicted molar refractivity (Wildman–Crippen MR) is 101 cm³/mol. The molecule has 0 fully saturated rings. The topological polar surface area (TPSA) is 71.1 Å². The third-order valence-electron chi connectivity index (χ3n) is 3.71. The highest BCUT2D eigenvalue weighted by atomic mass is 35.5. The number of nitrogens with zero attached hydrogens (tertiary/aromatic N) is 1. The van der Waals surface area contributed by atoms with E-state index < -0.39 is 11.7 Å². The van der Waals surface area contributed by atoms with Gasteiger partial charge in [-0.05, 0) is 42.0 Å². The average Bonchev–Trinajstić information content (AvgIpc) is 2.67. The van der Waals surface area contributed by atoms with Gasteiger partial charge in [0.25, 0.3) is 11.8 Å². The Balaban J connectivity index is 1.66. The summed E-state index contributed by atoms with van der Waals surface area (Å²) in [6, 6.07) is 14.1. The van der Waals surface area contributed by atoms with Crippen LogP contribution in [0.2, 0.25) is 5.02 Å². The van der Waals surface area contributed by atoms with Crippen molar-refractivity contribution in [1.29, 1.82) is 0 Å². The van der Waals surface area contributed by atoms with Gasteiger partial charge in [-0.25, -0.2) is 4.39 Å². The quantitative estimate of drug-likeness (QED) is 0.698. The number of pyridine rings is 1. The second-order valence-corrected chi connectivity index (χ2v) is 6.17. The first-order valence-corrected chi connectivity index (χ1v) is 8.44.